The van der Waals surface area contributed by atoms with Gasteiger partial charge in [-0.05, 0) is 12.8 Å². The number of imidazole rings is 1. The highest BCUT2D eigenvalue weighted by atomic mass is 16.5. The molecule has 1 saturated carbocycles. The zero-order valence-corrected chi connectivity index (χ0v) is 11.9. The number of nitrogens with zero attached hydrogens (tertiary/aromatic N) is 2. The molecule has 0 aliphatic heterocycles. The van der Waals surface area contributed by atoms with Gasteiger partial charge in [-0.25, -0.2) is 14.6 Å². The number of carboxylic acids is 1. The second-order valence-corrected chi connectivity index (χ2v) is 5.04. The van der Waals surface area contributed by atoms with E-state index in [0.29, 0.717) is 18.8 Å². The van der Waals surface area contributed by atoms with Crippen LogP contribution in [0.15, 0.2) is 12.5 Å². The van der Waals surface area contributed by atoms with Crippen LogP contribution in [0.25, 0.3) is 0 Å². The van der Waals surface area contributed by atoms with Gasteiger partial charge in [-0.2, -0.15) is 0 Å². The number of carboxylic acid groups (broad SMARTS) is 1. The summed E-state index contributed by atoms with van der Waals surface area (Å²) < 4.78 is 4.99. The van der Waals surface area contributed by atoms with Crippen LogP contribution in [0.2, 0.25) is 0 Å². The lowest BCUT2D eigenvalue weighted by atomic mass is 10.1. The number of aromatic amines is 1. The molecule has 2 rings (SSSR count). The summed E-state index contributed by atoms with van der Waals surface area (Å²) in [6.07, 6.45) is 5.10. The Morgan fingerprint density at radius 2 is 2.38 bits per heavy atom. The molecule has 1 aliphatic carbocycles. The van der Waals surface area contributed by atoms with Crippen molar-refractivity contribution in [2.24, 2.45) is 0 Å². The highest BCUT2D eigenvalue weighted by Gasteiger charge is 2.34. The Morgan fingerprint density at radius 1 is 1.62 bits per heavy atom. The monoisotopic (exact) mass is 296 g/mol. The van der Waals surface area contributed by atoms with Crippen molar-refractivity contribution in [2.45, 2.75) is 31.3 Å². The van der Waals surface area contributed by atoms with Crippen LogP contribution in [0.4, 0.5) is 4.79 Å². The Balaban J connectivity index is 1.94. The second-order valence-electron chi connectivity index (χ2n) is 5.04. The molecule has 1 aliphatic rings. The number of H-pyrrole nitrogens is 1. The molecule has 0 saturated heterocycles. The van der Waals surface area contributed by atoms with Crippen LogP contribution in [-0.4, -0.2) is 64.3 Å². The highest BCUT2D eigenvalue weighted by molar-refractivity contribution is 5.83. The van der Waals surface area contributed by atoms with Gasteiger partial charge in [0.05, 0.1) is 12.9 Å². The Kier molecular flexibility index (Phi) is 5.15. The van der Waals surface area contributed by atoms with Crippen molar-refractivity contribution in [1.29, 1.82) is 0 Å². The van der Waals surface area contributed by atoms with Gasteiger partial charge in [-0.3, -0.25) is 0 Å². The highest BCUT2D eigenvalue weighted by Crippen LogP contribution is 2.26. The molecule has 1 fully saturated rings. The van der Waals surface area contributed by atoms with Crippen molar-refractivity contribution in [3.8, 4) is 0 Å². The average Bonchev–Trinajstić information content (AvgIpc) is 3.15. The zero-order valence-electron chi connectivity index (χ0n) is 11.9. The van der Waals surface area contributed by atoms with Crippen molar-refractivity contribution < 1.29 is 19.4 Å². The maximum Gasteiger partial charge on any atom is 0.326 e. The topological polar surface area (TPSA) is 108 Å². The number of nitrogens with one attached hydrogen (secondary N) is 2. The van der Waals surface area contributed by atoms with Gasteiger partial charge < -0.3 is 25.0 Å². The molecule has 1 atom stereocenters. The third kappa shape index (κ3) is 4.45. The van der Waals surface area contributed by atoms with E-state index in [1.165, 1.54) is 6.33 Å². The van der Waals surface area contributed by atoms with Gasteiger partial charge in [0.25, 0.3) is 0 Å². The number of aromatic nitrogens is 2. The van der Waals surface area contributed by atoms with Crippen LogP contribution < -0.4 is 5.32 Å². The Hall–Kier alpha value is -2.09. The first-order chi connectivity index (χ1) is 10.1. The molecular formula is C13H20N4O4. The molecule has 1 aromatic rings. The number of hydrogen-bond donors (Lipinski definition) is 3. The van der Waals surface area contributed by atoms with Crippen molar-refractivity contribution in [2.75, 3.05) is 20.3 Å². The van der Waals surface area contributed by atoms with E-state index in [2.05, 4.69) is 15.3 Å². The minimum Gasteiger partial charge on any atom is -0.480 e. The fraction of sp³-hybridized carbons (Fsp3) is 0.615. The van der Waals surface area contributed by atoms with E-state index >= 15 is 0 Å². The molecule has 0 unspecified atom stereocenters. The van der Waals surface area contributed by atoms with E-state index in [0.717, 1.165) is 12.8 Å². The van der Waals surface area contributed by atoms with Crippen LogP contribution in [0.1, 0.15) is 18.5 Å². The van der Waals surface area contributed by atoms with E-state index in [1.807, 2.05) is 0 Å². The van der Waals surface area contributed by atoms with Crippen LogP contribution >= 0.6 is 0 Å². The van der Waals surface area contributed by atoms with E-state index in [4.69, 9.17) is 4.74 Å². The molecule has 0 radical (unpaired) electrons. The SMILES string of the molecule is COCCN(C(=O)N[C@H](Cc1cnc[nH]1)C(=O)O)C1CC1. The van der Waals surface area contributed by atoms with Crippen LogP contribution in [-0.2, 0) is 16.0 Å². The zero-order chi connectivity index (χ0) is 15.2. The minimum atomic E-state index is -1.07. The molecule has 1 aromatic heterocycles. The van der Waals surface area contributed by atoms with Crippen LogP contribution in [0, 0.1) is 0 Å². The number of urea groups is 1. The summed E-state index contributed by atoms with van der Waals surface area (Å²) in [5, 5.41) is 11.8. The van der Waals surface area contributed by atoms with E-state index < -0.39 is 12.0 Å². The lowest BCUT2D eigenvalue weighted by Crippen LogP contribution is -2.50. The Morgan fingerprint density at radius 3 is 2.90 bits per heavy atom. The summed E-state index contributed by atoms with van der Waals surface area (Å²) in [4.78, 5) is 31.9. The second kappa shape index (κ2) is 7.07. The summed E-state index contributed by atoms with van der Waals surface area (Å²) in [5.74, 6) is -1.07. The van der Waals surface area contributed by atoms with Crippen LogP contribution in [0.3, 0.4) is 0 Å². The predicted molar refractivity (Wildman–Crippen MR) is 73.9 cm³/mol. The molecule has 1 heterocycles. The molecule has 2 amide bonds. The molecular weight excluding hydrogens is 276 g/mol. The number of amides is 2. The maximum atomic E-state index is 12.2. The maximum absolute atomic E-state index is 12.2. The lowest BCUT2D eigenvalue weighted by Gasteiger charge is -2.24. The molecule has 21 heavy (non-hydrogen) atoms. The fourth-order valence-corrected chi connectivity index (χ4v) is 2.07. The first-order valence-electron chi connectivity index (χ1n) is 6.88. The van der Waals surface area contributed by atoms with Gasteiger partial charge in [-0.15, -0.1) is 0 Å². The van der Waals surface area contributed by atoms with Crippen molar-refractivity contribution in [3.63, 3.8) is 0 Å². The van der Waals surface area contributed by atoms with E-state index in [-0.39, 0.29) is 18.5 Å². The summed E-state index contributed by atoms with van der Waals surface area (Å²) >= 11 is 0. The van der Waals surface area contributed by atoms with Crippen molar-refractivity contribution in [3.05, 3.63) is 18.2 Å². The Bertz CT molecular complexity index is 473. The Labute approximate surface area is 122 Å². The third-order valence-electron chi connectivity index (χ3n) is 3.36. The summed E-state index contributed by atoms with van der Waals surface area (Å²) in [6, 6.07) is -1.15. The normalized spacial score (nSPS) is 15.5. The molecule has 0 spiro atoms. The fourth-order valence-electron chi connectivity index (χ4n) is 2.07. The molecule has 8 nitrogen and oxygen atoms in total. The van der Waals surface area contributed by atoms with Gasteiger partial charge in [0.2, 0.25) is 0 Å². The number of hydrogen-bond acceptors (Lipinski definition) is 4. The third-order valence-corrected chi connectivity index (χ3v) is 3.36. The smallest absolute Gasteiger partial charge is 0.326 e. The van der Waals surface area contributed by atoms with Gasteiger partial charge >= 0.3 is 12.0 Å². The number of carbonyl (C=O) groups excluding carboxylic acids is 1. The first kappa shape index (κ1) is 15.3. The standard InChI is InChI=1S/C13H20N4O4/c1-21-5-4-17(10-2-3-10)13(20)16-11(12(18)19)6-9-7-14-8-15-9/h7-8,10-11H,2-6H2,1H3,(H,14,15)(H,16,20)(H,18,19)/t11-/m1/s1. The number of rotatable bonds is 8. The molecule has 0 aromatic carbocycles. The number of ether oxygens (including phenoxy) is 1. The van der Waals surface area contributed by atoms with Crippen molar-refractivity contribution in [1.82, 2.24) is 20.2 Å². The molecule has 116 valence electrons. The summed E-state index contributed by atoms with van der Waals surface area (Å²) in [6.45, 7) is 0.894. The van der Waals surface area contributed by atoms with Gasteiger partial charge in [0.15, 0.2) is 0 Å². The van der Waals surface area contributed by atoms with Crippen LogP contribution in [0.5, 0.6) is 0 Å². The molecule has 0 bridgehead atoms. The number of carbonyl (C=O) groups is 2. The van der Waals surface area contributed by atoms with E-state index in [9.17, 15) is 14.7 Å². The average molecular weight is 296 g/mol. The lowest BCUT2D eigenvalue weighted by molar-refractivity contribution is -0.139. The minimum absolute atomic E-state index is 0.170. The number of aliphatic carboxylic acids is 1. The summed E-state index contributed by atoms with van der Waals surface area (Å²) in [5.41, 5.74) is 0.664. The van der Waals surface area contributed by atoms with Gasteiger partial charge in [0, 0.05) is 38.0 Å². The van der Waals surface area contributed by atoms with Gasteiger partial charge in [0.1, 0.15) is 6.04 Å². The first-order valence-corrected chi connectivity index (χ1v) is 6.88. The molecule has 3 N–H and O–H groups in total. The predicted octanol–water partition coefficient (Wildman–Crippen LogP) is 0.226. The quantitative estimate of drug-likeness (QED) is 0.636. The molecule has 8 heteroatoms. The van der Waals surface area contributed by atoms with Crippen molar-refractivity contribution >= 4 is 12.0 Å². The summed E-state index contributed by atoms with van der Waals surface area (Å²) in [7, 11) is 1.57. The largest absolute Gasteiger partial charge is 0.480 e. The van der Waals surface area contributed by atoms with E-state index in [1.54, 1.807) is 18.2 Å². The number of methoxy groups -OCH3 is 1. The van der Waals surface area contributed by atoms with Gasteiger partial charge in [-0.1, -0.05) is 0 Å².